The van der Waals surface area contributed by atoms with Gasteiger partial charge in [-0.25, -0.2) is 0 Å². The van der Waals surface area contributed by atoms with E-state index in [0.717, 1.165) is 40.5 Å². The van der Waals surface area contributed by atoms with Crippen LogP contribution in [0.25, 0.3) is 27.5 Å². The van der Waals surface area contributed by atoms with Crippen LogP contribution in [0.5, 0.6) is 0 Å². The standard InChI is InChI=1S/C27H23BO2/c1-18-13-20-8-3-5-11-25(20)27(14-18)22-15-21(16-23(17-22)28(29)30)26-12-6-9-19-7-2-4-10-24(19)26/h2-5,7-8,10-17,29-30H,6,9H2,1H3. The van der Waals surface area contributed by atoms with Crippen LogP contribution in [-0.2, 0) is 6.42 Å². The van der Waals surface area contributed by atoms with Gasteiger partial charge in [0.05, 0.1) is 0 Å². The van der Waals surface area contributed by atoms with Crippen molar-refractivity contribution in [3.8, 4) is 11.1 Å². The van der Waals surface area contributed by atoms with E-state index in [1.165, 1.54) is 22.1 Å². The van der Waals surface area contributed by atoms with Crippen LogP contribution < -0.4 is 5.46 Å². The molecule has 1 aliphatic rings. The third-order valence-electron chi connectivity index (χ3n) is 5.95. The van der Waals surface area contributed by atoms with Crippen molar-refractivity contribution in [1.29, 1.82) is 0 Å². The Hall–Kier alpha value is -3.14. The number of benzene rings is 4. The lowest BCUT2D eigenvalue weighted by Crippen LogP contribution is -2.30. The molecule has 4 aromatic rings. The Balaban J connectivity index is 1.75. The predicted octanol–water partition coefficient (Wildman–Crippen LogP) is 4.87. The summed E-state index contributed by atoms with van der Waals surface area (Å²) in [4.78, 5) is 0. The summed E-state index contributed by atoms with van der Waals surface area (Å²) in [5.41, 5.74) is 8.56. The zero-order valence-corrected chi connectivity index (χ0v) is 17.0. The number of rotatable bonds is 3. The maximum absolute atomic E-state index is 10.0. The molecular weight excluding hydrogens is 367 g/mol. The molecule has 2 nitrogen and oxygen atoms in total. The van der Waals surface area contributed by atoms with Crippen LogP contribution in [0.3, 0.4) is 0 Å². The molecule has 0 unspecified atom stereocenters. The van der Waals surface area contributed by atoms with Gasteiger partial charge in [-0.15, -0.1) is 0 Å². The molecule has 0 atom stereocenters. The first-order valence-corrected chi connectivity index (χ1v) is 10.4. The Morgan fingerprint density at radius 1 is 0.767 bits per heavy atom. The lowest BCUT2D eigenvalue weighted by Gasteiger charge is -2.20. The lowest BCUT2D eigenvalue weighted by atomic mass is 9.76. The van der Waals surface area contributed by atoms with Crippen molar-refractivity contribution in [2.24, 2.45) is 0 Å². The molecule has 0 bridgehead atoms. The van der Waals surface area contributed by atoms with Crippen molar-refractivity contribution in [2.75, 3.05) is 0 Å². The summed E-state index contributed by atoms with van der Waals surface area (Å²) in [5.74, 6) is 0. The second-order valence-electron chi connectivity index (χ2n) is 8.06. The van der Waals surface area contributed by atoms with Crippen LogP contribution in [0.1, 0.15) is 28.7 Å². The Bertz CT molecular complexity index is 1290. The summed E-state index contributed by atoms with van der Waals surface area (Å²) in [6.07, 6.45) is 4.29. The number of fused-ring (bicyclic) bond motifs is 2. The molecule has 30 heavy (non-hydrogen) atoms. The molecule has 0 saturated heterocycles. The smallest absolute Gasteiger partial charge is 0.423 e. The van der Waals surface area contributed by atoms with Gasteiger partial charge in [-0.2, -0.15) is 0 Å². The second-order valence-corrected chi connectivity index (χ2v) is 8.06. The predicted molar refractivity (Wildman–Crippen MR) is 126 cm³/mol. The molecule has 0 aliphatic heterocycles. The number of allylic oxidation sites excluding steroid dienone is 1. The van der Waals surface area contributed by atoms with Gasteiger partial charge in [0.2, 0.25) is 0 Å². The Labute approximate surface area is 177 Å². The summed E-state index contributed by atoms with van der Waals surface area (Å²) < 4.78 is 0. The second kappa shape index (κ2) is 7.60. The van der Waals surface area contributed by atoms with Crippen LogP contribution in [-0.4, -0.2) is 17.2 Å². The first-order chi connectivity index (χ1) is 14.6. The summed E-state index contributed by atoms with van der Waals surface area (Å²) in [5, 5.41) is 22.4. The molecule has 0 aromatic heterocycles. The molecule has 5 rings (SSSR count). The summed E-state index contributed by atoms with van der Waals surface area (Å²) in [7, 11) is -1.51. The van der Waals surface area contributed by atoms with Gasteiger partial charge in [0.15, 0.2) is 0 Å². The highest BCUT2D eigenvalue weighted by Gasteiger charge is 2.19. The van der Waals surface area contributed by atoms with E-state index in [2.05, 4.69) is 73.7 Å². The molecule has 1 aliphatic carbocycles. The molecule has 4 aromatic carbocycles. The summed E-state index contributed by atoms with van der Waals surface area (Å²) in [6.45, 7) is 2.10. The summed E-state index contributed by atoms with van der Waals surface area (Å²) in [6, 6.07) is 27.2. The highest BCUT2D eigenvalue weighted by Crippen LogP contribution is 2.35. The van der Waals surface area contributed by atoms with Gasteiger partial charge in [-0.1, -0.05) is 78.9 Å². The largest absolute Gasteiger partial charge is 0.488 e. The van der Waals surface area contributed by atoms with Crippen LogP contribution >= 0.6 is 0 Å². The van der Waals surface area contributed by atoms with E-state index in [0.29, 0.717) is 5.46 Å². The van der Waals surface area contributed by atoms with Gasteiger partial charge >= 0.3 is 7.12 Å². The Morgan fingerprint density at radius 3 is 2.40 bits per heavy atom. The normalized spacial score (nSPS) is 13.1. The number of aryl methyl sites for hydroxylation is 2. The van der Waals surface area contributed by atoms with E-state index >= 15 is 0 Å². The van der Waals surface area contributed by atoms with Gasteiger partial charge in [0.1, 0.15) is 0 Å². The topological polar surface area (TPSA) is 40.5 Å². The average Bonchev–Trinajstić information content (AvgIpc) is 2.77. The van der Waals surface area contributed by atoms with E-state index < -0.39 is 7.12 Å². The maximum atomic E-state index is 10.0. The van der Waals surface area contributed by atoms with Crippen LogP contribution in [0.15, 0.2) is 84.9 Å². The van der Waals surface area contributed by atoms with E-state index in [4.69, 9.17) is 0 Å². The molecule has 0 saturated carbocycles. The van der Waals surface area contributed by atoms with Crippen molar-refractivity contribution in [2.45, 2.75) is 19.8 Å². The third kappa shape index (κ3) is 3.37. The van der Waals surface area contributed by atoms with E-state index in [9.17, 15) is 10.0 Å². The average molecular weight is 390 g/mol. The van der Waals surface area contributed by atoms with Gasteiger partial charge < -0.3 is 10.0 Å². The molecule has 0 amide bonds. The van der Waals surface area contributed by atoms with Crippen molar-refractivity contribution in [1.82, 2.24) is 0 Å². The first-order valence-electron chi connectivity index (χ1n) is 10.4. The first kappa shape index (κ1) is 18.9. The maximum Gasteiger partial charge on any atom is 0.488 e. The fourth-order valence-electron chi connectivity index (χ4n) is 4.57. The van der Waals surface area contributed by atoms with Crippen molar-refractivity contribution < 1.29 is 10.0 Å². The van der Waals surface area contributed by atoms with Crippen LogP contribution in [0.4, 0.5) is 0 Å². The van der Waals surface area contributed by atoms with E-state index in [1.54, 1.807) is 0 Å². The van der Waals surface area contributed by atoms with Gasteiger partial charge in [-0.05, 0) is 81.0 Å². The number of hydrogen-bond donors (Lipinski definition) is 2. The fourth-order valence-corrected chi connectivity index (χ4v) is 4.57. The van der Waals surface area contributed by atoms with Crippen molar-refractivity contribution in [3.05, 3.63) is 107 Å². The van der Waals surface area contributed by atoms with Crippen LogP contribution in [0.2, 0.25) is 0 Å². The third-order valence-corrected chi connectivity index (χ3v) is 5.95. The number of hydrogen-bond acceptors (Lipinski definition) is 2. The van der Waals surface area contributed by atoms with E-state index in [1.807, 2.05) is 18.2 Å². The highest BCUT2D eigenvalue weighted by molar-refractivity contribution is 6.58. The zero-order chi connectivity index (χ0) is 20.7. The van der Waals surface area contributed by atoms with Gasteiger partial charge in [0, 0.05) is 0 Å². The molecule has 0 fully saturated rings. The molecule has 0 spiro atoms. The Morgan fingerprint density at radius 2 is 1.53 bits per heavy atom. The molecule has 0 heterocycles. The Kier molecular flexibility index (Phi) is 4.78. The zero-order valence-electron chi connectivity index (χ0n) is 17.0. The molecule has 2 N–H and O–H groups in total. The minimum absolute atomic E-state index is 0.511. The quantitative estimate of drug-likeness (QED) is 0.490. The van der Waals surface area contributed by atoms with E-state index in [-0.39, 0.29) is 0 Å². The summed E-state index contributed by atoms with van der Waals surface area (Å²) >= 11 is 0. The fraction of sp³-hybridized carbons (Fsp3) is 0.111. The van der Waals surface area contributed by atoms with Crippen LogP contribution in [0, 0.1) is 6.92 Å². The van der Waals surface area contributed by atoms with Gasteiger partial charge in [0.25, 0.3) is 0 Å². The lowest BCUT2D eigenvalue weighted by molar-refractivity contribution is 0.426. The molecule has 146 valence electrons. The molecule has 3 heteroatoms. The minimum atomic E-state index is -1.51. The molecule has 0 radical (unpaired) electrons. The monoisotopic (exact) mass is 390 g/mol. The molecular formula is C27H23BO2. The van der Waals surface area contributed by atoms with Crippen molar-refractivity contribution >= 4 is 28.9 Å². The van der Waals surface area contributed by atoms with Gasteiger partial charge in [-0.3, -0.25) is 0 Å². The minimum Gasteiger partial charge on any atom is -0.423 e. The highest BCUT2D eigenvalue weighted by atomic mass is 16.4. The SMILES string of the molecule is Cc1cc(-c2cc(B(O)O)cc(C3=CCCc4ccccc43)c2)c2ccccc2c1. The van der Waals surface area contributed by atoms with Crippen molar-refractivity contribution in [3.63, 3.8) is 0 Å².